The second kappa shape index (κ2) is 8.85. The maximum absolute atomic E-state index is 13.0. The minimum atomic E-state index is -0.174. The van der Waals surface area contributed by atoms with Crippen LogP contribution in [0.3, 0.4) is 0 Å². The van der Waals surface area contributed by atoms with Crippen molar-refractivity contribution in [1.29, 1.82) is 0 Å². The first-order valence-corrected chi connectivity index (χ1v) is 11.4. The van der Waals surface area contributed by atoms with E-state index < -0.39 is 0 Å². The molecular weight excluding hydrogens is 432 g/mol. The predicted molar refractivity (Wildman–Crippen MR) is 124 cm³/mol. The zero-order valence-electron chi connectivity index (χ0n) is 16.7. The smallest absolute Gasteiger partial charge is 0.265 e. The van der Waals surface area contributed by atoms with Gasteiger partial charge in [0.15, 0.2) is 0 Å². The molecule has 3 heterocycles. The zero-order chi connectivity index (χ0) is 21.2. The molecule has 1 unspecified atom stereocenters. The summed E-state index contributed by atoms with van der Waals surface area (Å²) in [7, 11) is 0. The van der Waals surface area contributed by atoms with E-state index in [1.807, 2.05) is 66.0 Å². The fourth-order valence-electron chi connectivity index (χ4n) is 3.98. The molecule has 5 nitrogen and oxygen atoms in total. The summed E-state index contributed by atoms with van der Waals surface area (Å²) < 4.78 is 12.0. The fraction of sp³-hybridized carbons (Fsp3) is 0.208. The third kappa shape index (κ3) is 4.12. The van der Waals surface area contributed by atoms with E-state index in [0.717, 1.165) is 35.4 Å². The Morgan fingerprint density at radius 1 is 1.03 bits per heavy atom. The number of hydrogen-bond acceptors (Lipinski definition) is 5. The van der Waals surface area contributed by atoms with Crippen LogP contribution in [0.1, 0.15) is 27.0 Å². The summed E-state index contributed by atoms with van der Waals surface area (Å²) in [5.74, 6) is 0.579. The number of carbonyl (C=O) groups is 1. The SMILES string of the molecule is O=C(Nc1c(C(c2ccc(Cl)cc2)N2CCOCC2)oc2ccccc12)c1cccs1. The minimum absolute atomic E-state index is 0.139. The van der Waals surface area contributed by atoms with Gasteiger partial charge in [-0.05, 0) is 41.3 Å². The number of furan rings is 1. The first-order valence-electron chi connectivity index (χ1n) is 10.1. The Morgan fingerprint density at radius 3 is 2.55 bits per heavy atom. The second-order valence-corrected chi connectivity index (χ2v) is 8.76. The van der Waals surface area contributed by atoms with Crippen molar-refractivity contribution < 1.29 is 13.9 Å². The molecular formula is C24H21ClN2O3S. The molecule has 1 aliphatic rings. The number of halogens is 1. The molecule has 1 atom stereocenters. The molecule has 0 spiro atoms. The van der Waals surface area contributed by atoms with Gasteiger partial charge in [-0.2, -0.15) is 0 Å². The van der Waals surface area contributed by atoms with Crippen LogP contribution in [0.15, 0.2) is 70.5 Å². The molecule has 1 N–H and O–H groups in total. The first-order chi connectivity index (χ1) is 15.2. The number of ether oxygens (including phenoxy) is 1. The summed E-state index contributed by atoms with van der Waals surface area (Å²) in [4.78, 5) is 15.9. The van der Waals surface area contributed by atoms with Gasteiger partial charge in [-0.15, -0.1) is 11.3 Å². The van der Waals surface area contributed by atoms with Crippen molar-refractivity contribution in [2.24, 2.45) is 0 Å². The highest BCUT2D eigenvalue weighted by Crippen LogP contribution is 2.41. The molecule has 0 aliphatic carbocycles. The first kappa shape index (κ1) is 20.3. The van der Waals surface area contributed by atoms with Gasteiger partial charge in [0.25, 0.3) is 5.91 Å². The fourth-order valence-corrected chi connectivity index (χ4v) is 4.72. The largest absolute Gasteiger partial charge is 0.457 e. The summed E-state index contributed by atoms with van der Waals surface area (Å²) in [5, 5.41) is 6.59. The van der Waals surface area contributed by atoms with Crippen LogP contribution in [0, 0.1) is 0 Å². The number of carbonyl (C=O) groups excluding carboxylic acids is 1. The maximum Gasteiger partial charge on any atom is 0.265 e. The van der Waals surface area contributed by atoms with Gasteiger partial charge in [0.2, 0.25) is 0 Å². The number of rotatable bonds is 5. The number of thiophene rings is 1. The zero-order valence-corrected chi connectivity index (χ0v) is 18.3. The molecule has 0 bridgehead atoms. The van der Waals surface area contributed by atoms with E-state index in [1.54, 1.807) is 0 Å². The van der Waals surface area contributed by atoms with E-state index in [0.29, 0.717) is 28.8 Å². The number of hydrogen-bond donors (Lipinski definition) is 1. The molecule has 2 aromatic carbocycles. The lowest BCUT2D eigenvalue weighted by atomic mass is 10.0. The van der Waals surface area contributed by atoms with Crippen LogP contribution in [0.4, 0.5) is 5.69 Å². The highest BCUT2D eigenvalue weighted by atomic mass is 35.5. The van der Waals surface area contributed by atoms with Crippen molar-refractivity contribution in [2.75, 3.05) is 31.6 Å². The van der Waals surface area contributed by atoms with Crippen LogP contribution in [0.2, 0.25) is 5.02 Å². The van der Waals surface area contributed by atoms with Crippen LogP contribution in [-0.2, 0) is 4.74 Å². The Kier molecular flexibility index (Phi) is 5.78. The van der Waals surface area contributed by atoms with Crippen molar-refractivity contribution in [2.45, 2.75) is 6.04 Å². The van der Waals surface area contributed by atoms with Gasteiger partial charge in [-0.3, -0.25) is 9.69 Å². The summed E-state index contributed by atoms with van der Waals surface area (Å²) in [6.45, 7) is 2.84. The molecule has 2 aromatic heterocycles. The molecule has 1 saturated heterocycles. The van der Waals surface area contributed by atoms with Crippen LogP contribution in [0.25, 0.3) is 11.0 Å². The Labute approximate surface area is 189 Å². The Morgan fingerprint density at radius 2 is 1.81 bits per heavy atom. The van der Waals surface area contributed by atoms with E-state index in [9.17, 15) is 4.79 Å². The highest BCUT2D eigenvalue weighted by molar-refractivity contribution is 7.12. The number of benzene rings is 2. The van der Waals surface area contributed by atoms with Gasteiger partial charge in [0.05, 0.1) is 29.8 Å². The molecule has 158 valence electrons. The predicted octanol–water partition coefficient (Wildman–Crippen LogP) is 5.82. The van der Waals surface area contributed by atoms with Gasteiger partial charge >= 0.3 is 0 Å². The molecule has 1 aliphatic heterocycles. The summed E-state index contributed by atoms with van der Waals surface area (Å²) in [6.07, 6.45) is 0. The lowest BCUT2D eigenvalue weighted by Crippen LogP contribution is -2.39. The second-order valence-electron chi connectivity index (χ2n) is 7.37. The number of amides is 1. The van der Waals surface area contributed by atoms with Crippen molar-refractivity contribution in [3.8, 4) is 0 Å². The van der Waals surface area contributed by atoms with Crippen molar-refractivity contribution in [1.82, 2.24) is 4.90 Å². The van der Waals surface area contributed by atoms with Crippen molar-refractivity contribution >= 4 is 45.5 Å². The van der Waals surface area contributed by atoms with Gasteiger partial charge in [0, 0.05) is 23.5 Å². The summed E-state index contributed by atoms with van der Waals surface area (Å²) in [5.41, 5.74) is 2.50. The number of para-hydroxylation sites is 1. The lowest BCUT2D eigenvalue weighted by Gasteiger charge is -2.34. The molecule has 4 aromatic rings. The Balaban J connectivity index is 1.64. The number of nitrogens with one attached hydrogen (secondary N) is 1. The number of nitrogens with zero attached hydrogens (tertiary/aromatic N) is 1. The standard InChI is InChI=1S/C24H21ClN2O3S/c25-17-9-7-16(8-10-17)22(27-11-13-29-14-12-27)23-21(18-4-1-2-5-19(18)30-23)26-24(28)20-6-3-15-31-20/h1-10,15,22H,11-14H2,(H,26,28). The molecule has 1 amide bonds. The van der Waals surface area contributed by atoms with E-state index in [1.165, 1.54) is 11.3 Å². The monoisotopic (exact) mass is 452 g/mol. The number of fused-ring (bicyclic) bond motifs is 1. The molecule has 5 rings (SSSR count). The molecule has 31 heavy (non-hydrogen) atoms. The average Bonchev–Trinajstić information content (AvgIpc) is 3.45. The normalized spacial score (nSPS) is 15.8. The highest BCUT2D eigenvalue weighted by Gasteiger charge is 2.31. The van der Waals surface area contributed by atoms with Crippen LogP contribution >= 0.6 is 22.9 Å². The Bertz CT molecular complexity index is 1180. The van der Waals surface area contributed by atoms with Crippen LogP contribution in [-0.4, -0.2) is 37.1 Å². The van der Waals surface area contributed by atoms with Gasteiger partial charge in [-0.25, -0.2) is 0 Å². The van der Waals surface area contributed by atoms with E-state index in [-0.39, 0.29) is 11.9 Å². The maximum atomic E-state index is 13.0. The molecule has 7 heteroatoms. The molecule has 0 saturated carbocycles. The quantitative estimate of drug-likeness (QED) is 0.414. The summed E-state index contributed by atoms with van der Waals surface area (Å²) >= 11 is 7.57. The van der Waals surface area contributed by atoms with Gasteiger partial charge in [-0.1, -0.05) is 41.9 Å². The number of morpholine rings is 1. The van der Waals surface area contributed by atoms with Crippen LogP contribution < -0.4 is 5.32 Å². The minimum Gasteiger partial charge on any atom is -0.457 e. The van der Waals surface area contributed by atoms with Crippen LogP contribution in [0.5, 0.6) is 0 Å². The molecule has 0 radical (unpaired) electrons. The summed E-state index contributed by atoms with van der Waals surface area (Å²) in [6, 6.07) is 19.1. The average molecular weight is 453 g/mol. The van der Waals surface area contributed by atoms with E-state index in [4.69, 9.17) is 20.8 Å². The van der Waals surface area contributed by atoms with E-state index in [2.05, 4.69) is 10.2 Å². The Hall–Kier alpha value is -2.64. The van der Waals surface area contributed by atoms with Crippen molar-refractivity contribution in [3.63, 3.8) is 0 Å². The van der Waals surface area contributed by atoms with Crippen molar-refractivity contribution in [3.05, 3.63) is 87.3 Å². The lowest BCUT2D eigenvalue weighted by molar-refractivity contribution is 0.0206. The topological polar surface area (TPSA) is 54.7 Å². The van der Waals surface area contributed by atoms with E-state index >= 15 is 0 Å². The third-order valence-corrected chi connectivity index (χ3v) is 6.57. The third-order valence-electron chi connectivity index (χ3n) is 5.45. The molecule has 1 fully saturated rings. The van der Waals surface area contributed by atoms with Gasteiger partial charge < -0.3 is 14.5 Å². The number of anilines is 1. The van der Waals surface area contributed by atoms with Gasteiger partial charge in [0.1, 0.15) is 11.3 Å².